The lowest BCUT2D eigenvalue weighted by Crippen LogP contribution is -2.20. The number of aliphatic hydroxyl groups excluding tert-OH is 1. The van der Waals surface area contributed by atoms with Crippen molar-refractivity contribution in [2.45, 2.75) is 12.5 Å². The molecule has 0 aliphatic carbocycles. The summed E-state index contributed by atoms with van der Waals surface area (Å²) in [5.74, 6) is 0.0981. The number of halogens is 1. The average molecular weight is 379 g/mol. The van der Waals surface area contributed by atoms with Gasteiger partial charge in [-0.2, -0.15) is 0 Å². The fourth-order valence-corrected chi connectivity index (χ4v) is 2.86. The SMILES string of the molecule is CN1C(=O)Cc2cc(C(O)c3ccc(I)cc3)ccc21. The molecule has 3 rings (SSSR count). The Morgan fingerprint density at radius 2 is 1.80 bits per heavy atom. The largest absolute Gasteiger partial charge is 0.384 e. The number of benzene rings is 2. The lowest BCUT2D eigenvalue weighted by molar-refractivity contribution is -0.117. The van der Waals surface area contributed by atoms with Crippen LogP contribution in [0.2, 0.25) is 0 Å². The summed E-state index contributed by atoms with van der Waals surface area (Å²) in [6.45, 7) is 0. The third kappa shape index (κ3) is 2.33. The highest BCUT2D eigenvalue weighted by Crippen LogP contribution is 2.32. The van der Waals surface area contributed by atoms with Crippen molar-refractivity contribution in [1.29, 1.82) is 0 Å². The van der Waals surface area contributed by atoms with Crippen LogP contribution in [-0.4, -0.2) is 18.1 Å². The van der Waals surface area contributed by atoms with Gasteiger partial charge in [0.25, 0.3) is 0 Å². The van der Waals surface area contributed by atoms with Crippen LogP contribution in [0.5, 0.6) is 0 Å². The van der Waals surface area contributed by atoms with Crippen molar-refractivity contribution in [3.63, 3.8) is 0 Å². The maximum absolute atomic E-state index is 11.7. The Morgan fingerprint density at radius 1 is 1.15 bits per heavy atom. The van der Waals surface area contributed by atoms with Crippen LogP contribution in [0, 0.1) is 3.57 Å². The molecule has 3 nitrogen and oxygen atoms in total. The number of anilines is 1. The Kier molecular flexibility index (Phi) is 3.52. The number of hydrogen-bond donors (Lipinski definition) is 1. The van der Waals surface area contributed by atoms with E-state index in [9.17, 15) is 9.90 Å². The van der Waals surface area contributed by atoms with Gasteiger partial charge in [-0.25, -0.2) is 0 Å². The molecule has 102 valence electrons. The second-order valence-corrected chi connectivity index (χ2v) is 6.22. The van der Waals surface area contributed by atoms with Gasteiger partial charge in [0, 0.05) is 16.3 Å². The normalized spacial score (nSPS) is 15.3. The van der Waals surface area contributed by atoms with Crippen molar-refractivity contribution >= 4 is 34.2 Å². The summed E-state index contributed by atoms with van der Waals surface area (Å²) in [5, 5.41) is 10.4. The molecule has 20 heavy (non-hydrogen) atoms. The first-order valence-electron chi connectivity index (χ1n) is 6.39. The summed E-state index contributed by atoms with van der Waals surface area (Å²) in [4.78, 5) is 13.3. The second kappa shape index (κ2) is 5.18. The van der Waals surface area contributed by atoms with Gasteiger partial charge in [-0.1, -0.05) is 24.3 Å². The summed E-state index contributed by atoms with van der Waals surface area (Å²) in [6, 6.07) is 13.5. The zero-order valence-electron chi connectivity index (χ0n) is 11.0. The Hall–Kier alpha value is -1.40. The molecule has 0 saturated carbocycles. The van der Waals surface area contributed by atoms with Crippen LogP contribution >= 0.6 is 22.6 Å². The van der Waals surface area contributed by atoms with Gasteiger partial charge < -0.3 is 10.0 Å². The number of carbonyl (C=O) groups is 1. The molecule has 0 radical (unpaired) electrons. The van der Waals surface area contributed by atoms with Crippen molar-refractivity contribution in [3.8, 4) is 0 Å². The summed E-state index contributed by atoms with van der Waals surface area (Å²) in [5.41, 5.74) is 3.62. The summed E-state index contributed by atoms with van der Waals surface area (Å²) >= 11 is 2.24. The van der Waals surface area contributed by atoms with E-state index in [0.717, 1.165) is 25.9 Å². The van der Waals surface area contributed by atoms with Crippen molar-refractivity contribution in [2.75, 3.05) is 11.9 Å². The molecule has 2 aromatic carbocycles. The first kappa shape index (κ1) is 13.6. The van der Waals surface area contributed by atoms with E-state index in [2.05, 4.69) is 22.6 Å². The molecule has 1 atom stereocenters. The zero-order valence-corrected chi connectivity index (χ0v) is 13.2. The number of amides is 1. The Bertz CT molecular complexity index is 667. The fourth-order valence-electron chi connectivity index (χ4n) is 2.50. The number of nitrogens with zero attached hydrogens (tertiary/aromatic N) is 1. The molecule has 0 aromatic heterocycles. The summed E-state index contributed by atoms with van der Waals surface area (Å²) in [6.07, 6.45) is -0.239. The van der Waals surface area contributed by atoms with Crippen molar-refractivity contribution in [3.05, 3.63) is 62.7 Å². The highest BCUT2D eigenvalue weighted by atomic mass is 127. The molecule has 0 bridgehead atoms. The van der Waals surface area contributed by atoms with Crippen LogP contribution in [0.15, 0.2) is 42.5 Å². The van der Waals surface area contributed by atoms with Crippen molar-refractivity contribution in [1.82, 2.24) is 0 Å². The van der Waals surface area contributed by atoms with Crippen molar-refractivity contribution in [2.24, 2.45) is 0 Å². The number of aliphatic hydroxyl groups is 1. The number of hydrogen-bond acceptors (Lipinski definition) is 2. The highest BCUT2D eigenvalue weighted by molar-refractivity contribution is 14.1. The van der Waals surface area contributed by atoms with Gasteiger partial charge in [-0.3, -0.25) is 4.79 Å². The standard InChI is InChI=1S/C16H14INO2/c1-18-14-7-4-11(8-12(14)9-15(18)19)16(20)10-2-5-13(17)6-3-10/h2-8,16,20H,9H2,1H3. The van der Waals surface area contributed by atoms with E-state index in [1.165, 1.54) is 0 Å². The molecule has 1 N–H and O–H groups in total. The number of likely N-dealkylation sites (N-methyl/N-ethyl adjacent to an activating group) is 1. The van der Waals surface area contributed by atoms with Crippen LogP contribution in [0.25, 0.3) is 0 Å². The van der Waals surface area contributed by atoms with E-state index in [-0.39, 0.29) is 5.91 Å². The molecule has 4 heteroatoms. The lowest BCUT2D eigenvalue weighted by Gasteiger charge is -2.14. The third-order valence-corrected chi connectivity index (χ3v) is 4.40. The first-order chi connectivity index (χ1) is 9.56. The van der Waals surface area contributed by atoms with E-state index in [0.29, 0.717) is 6.42 Å². The maximum atomic E-state index is 11.7. The fraction of sp³-hybridized carbons (Fsp3) is 0.188. The van der Waals surface area contributed by atoms with E-state index >= 15 is 0 Å². The Morgan fingerprint density at radius 3 is 2.50 bits per heavy atom. The minimum atomic E-state index is -0.654. The molecule has 1 amide bonds. The van der Waals surface area contributed by atoms with Gasteiger partial charge >= 0.3 is 0 Å². The molecule has 0 fully saturated rings. The quantitative estimate of drug-likeness (QED) is 0.816. The smallest absolute Gasteiger partial charge is 0.231 e. The van der Waals surface area contributed by atoms with Gasteiger partial charge in [0.2, 0.25) is 5.91 Å². The molecule has 1 aliphatic heterocycles. The molecule has 2 aromatic rings. The number of rotatable bonds is 2. The summed E-state index contributed by atoms with van der Waals surface area (Å²) < 4.78 is 1.14. The van der Waals surface area contributed by atoms with E-state index < -0.39 is 6.10 Å². The van der Waals surface area contributed by atoms with Gasteiger partial charge in [-0.05, 0) is 57.5 Å². The minimum absolute atomic E-state index is 0.0981. The van der Waals surface area contributed by atoms with Crippen LogP contribution in [0.3, 0.4) is 0 Å². The van der Waals surface area contributed by atoms with E-state index in [4.69, 9.17) is 0 Å². The number of carbonyl (C=O) groups excluding carboxylic acids is 1. The molecule has 0 spiro atoms. The Balaban J connectivity index is 1.94. The summed E-state index contributed by atoms with van der Waals surface area (Å²) in [7, 11) is 1.78. The van der Waals surface area contributed by atoms with Gasteiger partial charge in [0.1, 0.15) is 6.10 Å². The monoisotopic (exact) mass is 379 g/mol. The molecule has 0 saturated heterocycles. The minimum Gasteiger partial charge on any atom is -0.384 e. The highest BCUT2D eigenvalue weighted by Gasteiger charge is 2.24. The van der Waals surface area contributed by atoms with Crippen LogP contribution in [-0.2, 0) is 11.2 Å². The second-order valence-electron chi connectivity index (χ2n) is 4.97. The van der Waals surface area contributed by atoms with E-state index in [1.54, 1.807) is 11.9 Å². The maximum Gasteiger partial charge on any atom is 0.231 e. The van der Waals surface area contributed by atoms with Crippen LogP contribution in [0.1, 0.15) is 22.8 Å². The van der Waals surface area contributed by atoms with Crippen molar-refractivity contribution < 1.29 is 9.90 Å². The third-order valence-electron chi connectivity index (χ3n) is 3.68. The molecular formula is C16H14INO2. The van der Waals surface area contributed by atoms with Crippen LogP contribution in [0.4, 0.5) is 5.69 Å². The van der Waals surface area contributed by atoms with Crippen LogP contribution < -0.4 is 4.90 Å². The van der Waals surface area contributed by atoms with Gasteiger partial charge in [-0.15, -0.1) is 0 Å². The zero-order chi connectivity index (χ0) is 14.3. The number of fused-ring (bicyclic) bond motifs is 1. The predicted molar refractivity (Wildman–Crippen MR) is 86.8 cm³/mol. The van der Waals surface area contributed by atoms with Gasteiger partial charge in [0.05, 0.1) is 6.42 Å². The predicted octanol–water partition coefficient (Wildman–Crippen LogP) is 2.89. The lowest BCUT2D eigenvalue weighted by atomic mass is 9.99. The molecule has 1 unspecified atom stereocenters. The van der Waals surface area contributed by atoms with Gasteiger partial charge in [0.15, 0.2) is 0 Å². The molecule has 1 heterocycles. The molecular weight excluding hydrogens is 365 g/mol. The molecule has 1 aliphatic rings. The first-order valence-corrected chi connectivity index (χ1v) is 7.47. The van der Waals surface area contributed by atoms with E-state index in [1.807, 2.05) is 42.5 Å². The topological polar surface area (TPSA) is 40.5 Å². The average Bonchev–Trinajstić information content (AvgIpc) is 2.74. The Labute approximate surface area is 131 Å².